The molecule has 3 aromatic rings. The number of benzene rings is 2. The molecule has 0 bridgehead atoms. The fourth-order valence-corrected chi connectivity index (χ4v) is 2.73. The van der Waals surface area contributed by atoms with Crippen LogP contribution < -0.4 is 5.73 Å². The summed E-state index contributed by atoms with van der Waals surface area (Å²) in [5.41, 5.74) is 12.4. The summed E-state index contributed by atoms with van der Waals surface area (Å²) in [5.74, 6) is 0. The Kier molecular flexibility index (Phi) is 2.88. The quantitative estimate of drug-likeness (QED) is 0.713. The van der Waals surface area contributed by atoms with Crippen molar-refractivity contribution in [2.75, 3.05) is 0 Å². The third-order valence-electron chi connectivity index (χ3n) is 3.66. The number of aromatic amines is 1. The summed E-state index contributed by atoms with van der Waals surface area (Å²) >= 11 is 0. The molecule has 0 aliphatic carbocycles. The van der Waals surface area contributed by atoms with Gasteiger partial charge in [0.2, 0.25) is 0 Å². The largest absolute Gasteiger partial charge is 0.358 e. The van der Waals surface area contributed by atoms with E-state index in [0.717, 1.165) is 16.8 Å². The first-order chi connectivity index (χ1) is 9.16. The highest BCUT2D eigenvalue weighted by Crippen LogP contribution is 2.30. The van der Waals surface area contributed by atoms with Crippen LogP contribution in [0.3, 0.4) is 0 Å². The number of fused-ring (bicyclic) bond motifs is 1. The molecule has 2 aromatic carbocycles. The van der Waals surface area contributed by atoms with Gasteiger partial charge in [-0.25, -0.2) is 0 Å². The molecule has 0 saturated heterocycles. The topological polar surface area (TPSA) is 41.8 Å². The third kappa shape index (κ3) is 2.04. The normalized spacial score (nSPS) is 12.8. The Morgan fingerprint density at radius 3 is 2.58 bits per heavy atom. The summed E-state index contributed by atoms with van der Waals surface area (Å²) in [6, 6.07) is 16.6. The number of nitrogens with two attached hydrogens (primary N) is 1. The Hall–Kier alpha value is -2.06. The fourth-order valence-electron chi connectivity index (χ4n) is 2.73. The predicted octanol–water partition coefficient (Wildman–Crippen LogP) is 3.83. The molecule has 2 nitrogen and oxygen atoms in total. The zero-order valence-corrected chi connectivity index (χ0v) is 11.3. The highest BCUT2D eigenvalue weighted by atomic mass is 14.7. The number of aromatic nitrogens is 1. The fraction of sp³-hybridized carbons (Fsp3) is 0.176. The molecule has 0 saturated carbocycles. The van der Waals surface area contributed by atoms with Crippen molar-refractivity contribution in [3.63, 3.8) is 0 Å². The van der Waals surface area contributed by atoms with Gasteiger partial charge in [0.15, 0.2) is 0 Å². The molecule has 96 valence electrons. The van der Waals surface area contributed by atoms with Gasteiger partial charge in [-0.15, -0.1) is 0 Å². The van der Waals surface area contributed by atoms with Crippen LogP contribution in [0.5, 0.6) is 0 Å². The summed E-state index contributed by atoms with van der Waals surface area (Å²) in [7, 11) is 0. The van der Waals surface area contributed by atoms with Crippen molar-refractivity contribution < 1.29 is 0 Å². The Bertz CT molecular complexity index is 725. The van der Waals surface area contributed by atoms with Crippen LogP contribution in [0.25, 0.3) is 10.9 Å². The van der Waals surface area contributed by atoms with Crippen molar-refractivity contribution in [1.29, 1.82) is 0 Å². The van der Waals surface area contributed by atoms with E-state index in [-0.39, 0.29) is 6.04 Å². The van der Waals surface area contributed by atoms with Gasteiger partial charge in [-0.05, 0) is 25.5 Å². The molecule has 0 spiro atoms. The minimum Gasteiger partial charge on any atom is -0.358 e. The molecule has 0 fully saturated rings. The first-order valence-electron chi connectivity index (χ1n) is 6.56. The van der Waals surface area contributed by atoms with E-state index in [4.69, 9.17) is 5.73 Å². The van der Waals surface area contributed by atoms with Crippen molar-refractivity contribution >= 4 is 10.9 Å². The molecule has 1 aromatic heterocycles. The summed E-state index contributed by atoms with van der Waals surface area (Å²) in [6.45, 7) is 4.18. The highest BCUT2D eigenvalue weighted by molar-refractivity contribution is 5.85. The van der Waals surface area contributed by atoms with Crippen LogP contribution in [0.4, 0.5) is 0 Å². The number of aryl methyl sites for hydroxylation is 2. The van der Waals surface area contributed by atoms with Crippen LogP contribution in [0.2, 0.25) is 0 Å². The molecule has 3 N–H and O–H groups in total. The summed E-state index contributed by atoms with van der Waals surface area (Å²) in [5, 5.41) is 1.22. The van der Waals surface area contributed by atoms with Gasteiger partial charge in [-0.1, -0.05) is 48.0 Å². The van der Waals surface area contributed by atoms with E-state index in [2.05, 4.69) is 61.3 Å². The van der Waals surface area contributed by atoms with Crippen LogP contribution in [0, 0.1) is 13.8 Å². The molecule has 0 radical (unpaired) electrons. The Labute approximate surface area is 113 Å². The predicted molar refractivity (Wildman–Crippen MR) is 80.2 cm³/mol. The van der Waals surface area contributed by atoms with Gasteiger partial charge in [0.1, 0.15) is 0 Å². The molecular formula is C17H18N2. The Morgan fingerprint density at radius 2 is 1.79 bits per heavy atom. The van der Waals surface area contributed by atoms with Crippen LogP contribution in [-0.4, -0.2) is 4.98 Å². The maximum absolute atomic E-state index is 6.48. The lowest BCUT2D eigenvalue weighted by Gasteiger charge is -2.13. The smallest absolute Gasteiger partial charge is 0.0575 e. The molecule has 1 unspecified atom stereocenters. The van der Waals surface area contributed by atoms with E-state index in [1.807, 2.05) is 6.07 Å². The number of para-hydroxylation sites is 1. The van der Waals surface area contributed by atoms with E-state index in [0.29, 0.717) is 0 Å². The number of nitrogens with one attached hydrogen (secondary N) is 1. The molecule has 1 heterocycles. The molecule has 0 aliphatic heterocycles. The second-order valence-corrected chi connectivity index (χ2v) is 5.10. The molecule has 19 heavy (non-hydrogen) atoms. The maximum Gasteiger partial charge on any atom is 0.0575 e. The second-order valence-electron chi connectivity index (χ2n) is 5.10. The SMILES string of the molecule is Cc1cccc(C(N)c2c(C)[nH]c3ccccc23)c1. The molecule has 1 atom stereocenters. The summed E-state index contributed by atoms with van der Waals surface area (Å²) in [6.07, 6.45) is 0. The molecule has 0 amide bonds. The van der Waals surface area contributed by atoms with Crippen LogP contribution in [0.15, 0.2) is 48.5 Å². The molecule has 2 heteroatoms. The standard InChI is InChI=1S/C17H18N2/c1-11-6-5-7-13(10-11)17(18)16-12(2)19-15-9-4-3-8-14(15)16/h3-10,17,19H,18H2,1-2H3. The molecular weight excluding hydrogens is 232 g/mol. The summed E-state index contributed by atoms with van der Waals surface area (Å²) in [4.78, 5) is 3.41. The third-order valence-corrected chi connectivity index (χ3v) is 3.66. The average molecular weight is 250 g/mol. The number of hydrogen-bond acceptors (Lipinski definition) is 1. The van der Waals surface area contributed by atoms with E-state index in [1.54, 1.807) is 0 Å². The number of H-pyrrole nitrogens is 1. The van der Waals surface area contributed by atoms with Gasteiger partial charge < -0.3 is 10.7 Å². The van der Waals surface area contributed by atoms with Crippen LogP contribution in [-0.2, 0) is 0 Å². The van der Waals surface area contributed by atoms with Crippen molar-refractivity contribution in [3.05, 3.63) is 70.9 Å². The van der Waals surface area contributed by atoms with E-state index in [1.165, 1.54) is 16.5 Å². The average Bonchev–Trinajstić information content (AvgIpc) is 2.74. The Morgan fingerprint density at radius 1 is 1.00 bits per heavy atom. The second kappa shape index (κ2) is 4.56. The molecule has 0 aliphatic rings. The van der Waals surface area contributed by atoms with E-state index >= 15 is 0 Å². The lowest BCUT2D eigenvalue weighted by Crippen LogP contribution is -2.12. The maximum atomic E-state index is 6.48. The van der Waals surface area contributed by atoms with Crippen LogP contribution >= 0.6 is 0 Å². The summed E-state index contributed by atoms with van der Waals surface area (Å²) < 4.78 is 0. The van der Waals surface area contributed by atoms with Gasteiger partial charge >= 0.3 is 0 Å². The van der Waals surface area contributed by atoms with Gasteiger partial charge in [0.05, 0.1) is 6.04 Å². The minimum absolute atomic E-state index is 0.0870. The monoisotopic (exact) mass is 250 g/mol. The molecule has 3 rings (SSSR count). The zero-order valence-electron chi connectivity index (χ0n) is 11.3. The first-order valence-corrected chi connectivity index (χ1v) is 6.56. The van der Waals surface area contributed by atoms with E-state index < -0.39 is 0 Å². The van der Waals surface area contributed by atoms with E-state index in [9.17, 15) is 0 Å². The number of rotatable bonds is 2. The van der Waals surface area contributed by atoms with Gasteiger partial charge in [-0.3, -0.25) is 0 Å². The lowest BCUT2D eigenvalue weighted by molar-refractivity contribution is 0.867. The Balaban J connectivity index is 2.16. The van der Waals surface area contributed by atoms with Crippen LogP contribution in [0.1, 0.15) is 28.4 Å². The van der Waals surface area contributed by atoms with Gasteiger partial charge in [0.25, 0.3) is 0 Å². The first kappa shape index (κ1) is 12.0. The number of hydrogen-bond donors (Lipinski definition) is 2. The van der Waals surface area contributed by atoms with Crippen molar-refractivity contribution in [1.82, 2.24) is 4.98 Å². The minimum atomic E-state index is -0.0870. The zero-order chi connectivity index (χ0) is 13.4. The van der Waals surface area contributed by atoms with Gasteiger partial charge in [0, 0.05) is 22.2 Å². The van der Waals surface area contributed by atoms with Crippen molar-refractivity contribution in [2.45, 2.75) is 19.9 Å². The van der Waals surface area contributed by atoms with Gasteiger partial charge in [-0.2, -0.15) is 0 Å². The van der Waals surface area contributed by atoms with Crippen molar-refractivity contribution in [3.8, 4) is 0 Å². The highest BCUT2D eigenvalue weighted by Gasteiger charge is 2.16. The lowest BCUT2D eigenvalue weighted by atomic mass is 9.96. The van der Waals surface area contributed by atoms with Crippen molar-refractivity contribution in [2.24, 2.45) is 5.73 Å².